The second-order valence-corrected chi connectivity index (χ2v) is 7.40. The van der Waals surface area contributed by atoms with E-state index >= 15 is 0 Å². The van der Waals surface area contributed by atoms with E-state index in [1.807, 2.05) is 0 Å². The van der Waals surface area contributed by atoms with Crippen LogP contribution in [0.25, 0.3) is 6.08 Å². The van der Waals surface area contributed by atoms with Gasteiger partial charge < -0.3 is 10.6 Å². The largest absolute Gasteiger partial charge is 0.348 e. The van der Waals surface area contributed by atoms with Crippen molar-refractivity contribution in [2.24, 2.45) is 0 Å². The average molecular weight is 435 g/mol. The molecule has 1 aliphatic rings. The molecular formula is C24H16ClFN2O3. The topological polar surface area (TPSA) is 75.3 Å². The second-order valence-electron chi connectivity index (χ2n) is 6.96. The zero-order chi connectivity index (χ0) is 22.0. The van der Waals surface area contributed by atoms with Gasteiger partial charge in [-0.05, 0) is 59.7 Å². The maximum absolute atomic E-state index is 13.0. The van der Waals surface area contributed by atoms with Gasteiger partial charge in [-0.1, -0.05) is 35.9 Å². The number of carbonyl (C=O) groups excluding carboxylic acids is 3. The number of hydrogen-bond donors (Lipinski definition) is 2. The highest BCUT2D eigenvalue weighted by Crippen LogP contribution is 2.28. The van der Waals surface area contributed by atoms with Crippen LogP contribution < -0.4 is 10.6 Å². The second kappa shape index (κ2) is 8.53. The molecule has 31 heavy (non-hydrogen) atoms. The lowest BCUT2D eigenvalue weighted by Crippen LogP contribution is -2.28. The van der Waals surface area contributed by atoms with Gasteiger partial charge in [-0.3, -0.25) is 14.4 Å². The molecule has 4 rings (SSSR count). The number of rotatable bonds is 4. The number of halogens is 2. The predicted octanol–water partition coefficient (Wildman–Crippen LogP) is 4.63. The fourth-order valence-corrected chi connectivity index (χ4v) is 3.29. The first-order chi connectivity index (χ1) is 14.9. The van der Waals surface area contributed by atoms with Crippen LogP contribution >= 0.6 is 11.6 Å². The number of anilines is 1. The van der Waals surface area contributed by atoms with E-state index in [2.05, 4.69) is 10.6 Å². The monoisotopic (exact) mass is 434 g/mol. The lowest BCUT2D eigenvalue weighted by atomic mass is 9.93. The van der Waals surface area contributed by atoms with E-state index in [1.54, 1.807) is 36.4 Å². The van der Waals surface area contributed by atoms with Crippen molar-refractivity contribution in [1.29, 1.82) is 0 Å². The van der Waals surface area contributed by atoms with Crippen LogP contribution in [0.5, 0.6) is 0 Å². The van der Waals surface area contributed by atoms with Gasteiger partial charge in [0.05, 0.1) is 11.3 Å². The quantitative estimate of drug-likeness (QED) is 0.464. The van der Waals surface area contributed by atoms with Crippen molar-refractivity contribution in [2.75, 3.05) is 5.32 Å². The molecule has 0 atom stereocenters. The molecule has 7 heteroatoms. The van der Waals surface area contributed by atoms with Gasteiger partial charge in [0.2, 0.25) is 5.78 Å². The first-order valence-electron chi connectivity index (χ1n) is 9.41. The first kappa shape index (κ1) is 20.5. The molecule has 0 radical (unpaired) electrons. The number of carbonyl (C=O) groups is 3. The van der Waals surface area contributed by atoms with Gasteiger partial charge in [0.1, 0.15) is 5.82 Å². The van der Waals surface area contributed by atoms with Crippen molar-refractivity contribution in [3.63, 3.8) is 0 Å². The van der Waals surface area contributed by atoms with Gasteiger partial charge in [-0.2, -0.15) is 0 Å². The van der Waals surface area contributed by atoms with Gasteiger partial charge in [0.15, 0.2) is 0 Å². The van der Waals surface area contributed by atoms with E-state index in [0.717, 1.165) is 5.56 Å². The van der Waals surface area contributed by atoms with E-state index in [1.165, 1.54) is 36.4 Å². The van der Waals surface area contributed by atoms with E-state index < -0.39 is 11.7 Å². The highest BCUT2D eigenvalue weighted by atomic mass is 35.5. The number of Topliss-reactive ketones (excluding diaryl/α,β-unsaturated/α-hetero) is 1. The highest BCUT2D eigenvalue weighted by molar-refractivity contribution is 6.36. The molecule has 0 aromatic heterocycles. The molecule has 5 nitrogen and oxygen atoms in total. The third-order valence-corrected chi connectivity index (χ3v) is 5.06. The van der Waals surface area contributed by atoms with Crippen LogP contribution in [0, 0.1) is 5.82 Å². The summed E-state index contributed by atoms with van der Waals surface area (Å²) in [6.45, 7) is 0.211. The van der Waals surface area contributed by atoms with Gasteiger partial charge >= 0.3 is 0 Å². The van der Waals surface area contributed by atoms with Crippen LogP contribution in [0.3, 0.4) is 0 Å². The molecule has 0 bridgehead atoms. The minimum Gasteiger partial charge on any atom is -0.348 e. The summed E-state index contributed by atoms with van der Waals surface area (Å²) in [7, 11) is 0. The lowest BCUT2D eigenvalue weighted by molar-refractivity contribution is -0.112. The minimum absolute atomic E-state index is 0.0290. The molecule has 1 aliphatic heterocycles. The summed E-state index contributed by atoms with van der Waals surface area (Å²) >= 11 is 5.88. The molecule has 0 saturated carbocycles. The smallest absolute Gasteiger partial charge is 0.259 e. The van der Waals surface area contributed by atoms with Crippen LogP contribution in [-0.4, -0.2) is 17.6 Å². The zero-order valence-electron chi connectivity index (χ0n) is 16.1. The van der Waals surface area contributed by atoms with Gasteiger partial charge in [-0.15, -0.1) is 0 Å². The molecule has 1 heterocycles. The van der Waals surface area contributed by atoms with Gasteiger partial charge in [0.25, 0.3) is 11.8 Å². The molecule has 154 valence electrons. The van der Waals surface area contributed by atoms with E-state index in [0.29, 0.717) is 16.3 Å². The summed E-state index contributed by atoms with van der Waals surface area (Å²) < 4.78 is 13.0. The van der Waals surface area contributed by atoms with Crippen LogP contribution in [-0.2, 0) is 11.3 Å². The molecule has 3 aromatic rings. The molecule has 0 spiro atoms. The Morgan fingerprint density at radius 2 is 1.71 bits per heavy atom. The third kappa shape index (κ3) is 4.54. The Labute approximate surface area is 182 Å². The number of nitrogens with one attached hydrogen (secondary N) is 2. The predicted molar refractivity (Wildman–Crippen MR) is 116 cm³/mol. The van der Waals surface area contributed by atoms with Crippen molar-refractivity contribution in [1.82, 2.24) is 5.32 Å². The summed E-state index contributed by atoms with van der Waals surface area (Å²) in [5.74, 6) is -1.73. The van der Waals surface area contributed by atoms with Crippen LogP contribution in [0.2, 0.25) is 5.02 Å². The standard InChI is InChI=1S/C24H16ClFN2O3/c25-17-6-1-14(2-7-17)11-20-22(29)19-12-16(5-10-21(19)28-24(20)31)23(30)27-13-15-3-8-18(26)9-4-15/h1-12H,13H2,(H,27,30)(H,28,31)/b20-11+. The highest BCUT2D eigenvalue weighted by Gasteiger charge is 2.29. The van der Waals surface area contributed by atoms with Crippen LogP contribution in [0.15, 0.2) is 72.3 Å². The van der Waals surface area contributed by atoms with Crippen LogP contribution in [0.4, 0.5) is 10.1 Å². The average Bonchev–Trinajstić information content (AvgIpc) is 2.77. The number of benzene rings is 3. The van der Waals surface area contributed by atoms with Crippen molar-refractivity contribution < 1.29 is 18.8 Å². The summed E-state index contributed by atoms with van der Waals surface area (Å²) in [6.07, 6.45) is 1.48. The molecule has 3 aromatic carbocycles. The molecule has 0 saturated heterocycles. The van der Waals surface area contributed by atoms with Crippen LogP contribution in [0.1, 0.15) is 31.8 Å². The summed E-state index contributed by atoms with van der Waals surface area (Å²) in [5, 5.41) is 5.96. The number of ketones is 1. The first-order valence-corrected chi connectivity index (χ1v) is 9.78. The Balaban J connectivity index is 1.56. The van der Waals surface area contributed by atoms with Crippen molar-refractivity contribution >= 4 is 41.0 Å². The Morgan fingerprint density at radius 1 is 1.00 bits per heavy atom. The lowest BCUT2D eigenvalue weighted by Gasteiger charge is -2.19. The SMILES string of the molecule is O=C1Nc2ccc(C(=O)NCc3ccc(F)cc3)cc2C(=O)/C1=C\c1ccc(Cl)cc1. The Morgan fingerprint density at radius 3 is 2.42 bits per heavy atom. The van der Waals surface area contributed by atoms with Crippen molar-refractivity contribution in [3.8, 4) is 0 Å². The van der Waals surface area contributed by atoms with Gasteiger partial charge in [0, 0.05) is 22.7 Å². The fraction of sp³-hybridized carbons (Fsp3) is 0.0417. The Kier molecular flexibility index (Phi) is 5.64. The summed E-state index contributed by atoms with van der Waals surface area (Å²) in [5.41, 5.74) is 2.21. The molecule has 0 unspecified atom stereocenters. The zero-order valence-corrected chi connectivity index (χ0v) is 16.9. The third-order valence-electron chi connectivity index (χ3n) is 4.81. The fourth-order valence-electron chi connectivity index (χ4n) is 3.16. The van der Waals surface area contributed by atoms with E-state index in [4.69, 9.17) is 11.6 Å². The molecule has 2 N–H and O–H groups in total. The molecular weight excluding hydrogens is 419 g/mol. The molecule has 2 amide bonds. The molecule has 0 aliphatic carbocycles. The summed E-state index contributed by atoms with van der Waals surface area (Å²) in [6, 6.07) is 17.0. The van der Waals surface area contributed by atoms with Crippen molar-refractivity contribution in [2.45, 2.75) is 6.54 Å². The maximum Gasteiger partial charge on any atom is 0.259 e. The molecule has 0 fully saturated rings. The van der Waals surface area contributed by atoms with Crippen molar-refractivity contribution in [3.05, 3.63) is 105 Å². The van der Waals surface area contributed by atoms with E-state index in [9.17, 15) is 18.8 Å². The number of hydrogen-bond acceptors (Lipinski definition) is 3. The van der Waals surface area contributed by atoms with Gasteiger partial charge in [-0.25, -0.2) is 4.39 Å². The number of amides is 2. The minimum atomic E-state index is -0.513. The summed E-state index contributed by atoms with van der Waals surface area (Å²) in [4.78, 5) is 37.9. The normalized spacial score (nSPS) is 14.2. The van der Waals surface area contributed by atoms with E-state index in [-0.39, 0.29) is 35.0 Å². The number of fused-ring (bicyclic) bond motifs is 1. The Hall–Kier alpha value is -3.77. The maximum atomic E-state index is 13.0. The Bertz CT molecular complexity index is 1220.